The van der Waals surface area contributed by atoms with Gasteiger partial charge in [-0.1, -0.05) is 20.8 Å². The standard InChI is InChI=1S/C19H30F2N2O3S/c1-18(2,3)13-19(4,5)22-17(24)8-7-11-23(27(6,25)26)16-10-9-14(20)12-15(16)21/h9-10,12H,7-8,11,13H2,1-6H3,(H,22,24). The maximum Gasteiger partial charge on any atom is 0.232 e. The Hall–Kier alpha value is -1.70. The Bertz CT molecular complexity index is 772. The van der Waals surface area contributed by atoms with Gasteiger partial charge in [-0.3, -0.25) is 9.10 Å². The second-order valence-electron chi connectivity index (χ2n) is 8.70. The maximum absolute atomic E-state index is 14.0. The summed E-state index contributed by atoms with van der Waals surface area (Å²) in [6, 6.07) is 2.71. The summed E-state index contributed by atoms with van der Waals surface area (Å²) >= 11 is 0. The van der Waals surface area contributed by atoms with E-state index in [-0.39, 0.29) is 36.4 Å². The van der Waals surface area contributed by atoms with Crippen molar-refractivity contribution >= 4 is 21.6 Å². The number of sulfonamides is 1. The number of hydrogen-bond acceptors (Lipinski definition) is 3. The van der Waals surface area contributed by atoms with E-state index in [2.05, 4.69) is 26.1 Å². The topological polar surface area (TPSA) is 66.5 Å². The number of nitrogens with one attached hydrogen (secondary N) is 1. The van der Waals surface area contributed by atoms with E-state index >= 15 is 0 Å². The molecule has 0 unspecified atom stereocenters. The fourth-order valence-corrected chi connectivity index (χ4v) is 4.31. The summed E-state index contributed by atoms with van der Waals surface area (Å²) in [6.07, 6.45) is 2.04. The number of anilines is 1. The summed E-state index contributed by atoms with van der Waals surface area (Å²) in [5.41, 5.74) is -0.578. The minimum atomic E-state index is -3.77. The van der Waals surface area contributed by atoms with Crippen molar-refractivity contribution in [2.75, 3.05) is 17.1 Å². The highest BCUT2D eigenvalue weighted by molar-refractivity contribution is 7.92. The van der Waals surface area contributed by atoms with Gasteiger partial charge in [0.05, 0.1) is 11.9 Å². The van der Waals surface area contributed by atoms with Gasteiger partial charge in [0.2, 0.25) is 15.9 Å². The highest BCUT2D eigenvalue weighted by Gasteiger charge is 2.27. The molecule has 5 nitrogen and oxygen atoms in total. The Balaban J connectivity index is 2.74. The van der Waals surface area contributed by atoms with E-state index in [1.807, 2.05) is 13.8 Å². The lowest BCUT2D eigenvalue weighted by Crippen LogP contribution is -2.46. The summed E-state index contributed by atoms with van der Waals surface area (Å²) < 4.78 is 51.9. The van der Waals surface area contributed by atoms with Gasteiger partial charge in [0.1, 0.15) is 11.6 Å². The normalized spacial score (nSPS) is 12.7. The summed E-state index contributed by atoms with van der Waals surface area (Å²) in [5.74, 6) is -1.95. The predicted molar refractivity (Wildman–Crippen MR) is 104 cm³/mol. The molecule has 0 saturated heterocycles. The van der Waals surface area contributed by atoms with Crippen LogP contribution in [0.1, 0.15) is 53.9 Å². The van der Waals surface area contributed by atoms with Crippen molar-refractivity contribution in [3.8, 4) is 0 Å². The SMILES string of the molecule is CC(C)(C)CC(C)(C)NC(=O)CCCN(c1ccc(F)cc1F)S(C)(=O)=O. The molecule has 0 aliphatic heterocycles. The molecule has 0 bridgehead atoms. The van der Waals surface area contributed by atoms with Crippen molar-refractivity contribution < 1.29 is 22.0 Å². The van der Waals surface area contributed by atoms with Gasteiger partial charge in [0.15, 0.2) is 0 Å². The van der Waals surface area contributed by atoms with Crippen LogP contribution < -0.4 is 9.62 Å². The molecule has 0 atom stereocenters. The highest BCUT2D eigenvalue weighted by atomic mass is 32.2. The fourth-order valence-electron chi connectivity index (χ4n) is 3.34. The molecule has 0 spiro atoms. The minimum absolute atomic E-state index is 0.0456. The van der Waals surface area contributed by atoms with Crippen molar-refractivity contribution in [3.05, 3.63) is 29.8 Å². The highest BCUT2D eigenvalue weighted by Crippen LogP contribution is 2.27. The van der Waals surface area contributed by atoms with E-state index in [9.17, 15) is 22.0 Å². The second-order valence-corrected chi connectivity index (χ2v) is 10.6. The van der Waals surface area contributed by atoms with Gasteiger partial charge in [-0.2, -0.15) is 0 Å². The first-order valence-corrected chi connectivity index (χ1v) is 10.7. The van der Waals surface area contributed by atoms with Crippen LogP contribution in [0.25, 0.3) is 0 Å². The van der Waals surface area contributed by atoms with Crippen LogP contribution in [0.3, 0.4) is 0 Å². The number of hydrogen-bond donors (Lipinski definition) is 1. The van der Waals surface area contributed by atoms with Crippen LogP contribution in [0.15, 0.2) is 18.2 Å². The molecule has 0 fully saturated rings. The quantitative estimate of drug-likeness (QED) is 0.716. The first-order valence-electron chi connectivity index (χ1n) is 8.84. The molecule has 0 radical (unpaired) electrons. The molecule has 1 amide bonds. The lowest BCUT2D eigenvalue weighted by molar-refractivity contribution is -0.123. The van der Waals surface area contributed by atoms with Crippen LogP contribution in [0.2, 0.25) is 0 Å². The number of rotatable bonds is 8. The largest absolute Gasteiger partial charge is 0.351 e. The van der Waals surface area contributed by atoms with E-state index in [1.54, 1.807) is 0 Å². The third-order valence-corrected chi connectivity index (χ3v) is 4.97. The number of carbonyl (C=O) groups is 1. The molecule has 1 N–H and O–H groups in total. The van der Waals surface area contributed by atoms with E-state index in [0.29, 0.717) is 6.07 Å². The van der Waals surface area contributed by atoms with Crippen LogP contribution in [0.4, 0.5) is 14.5 Å². The van der Waals surface area contributed by atoms with Gasteiger partial charge in [0.25, 0.3) is 0 Å². The summed E-state index contributed by atoms with van der Waals surface area (Å²) in [4.78, 5) is 12.2. The molecule has 0 aliphatic carbocycles. The lowest BCUT2D eigenvalue weighted by atomic mass is 9.82. The van der Waals surface area contributed by atoms with E-state index in [1.165, 1.54) is 0 Å². The van der Waals surface area contributed by atoms with Crippen LogP contribution in [-0.4, -0.2) is 32.7 Å². The average molecular weight is 405 g/mol. The lowest BCUT2D eigenvalue weighted by Gasteiger charge is -2.33. The van der Waals surface area contributed by atoms with Gasteiger partial charge in [-0.15, -0.1) is 0 Å². The molecule has 154 valence electrons. The van der Waals surface area contributed by atoms with Crippen LogP contribution in [0.5, 0.6) is 0 Å². The zero-order valence-corrected chi connectivity index (χ0v) is 17.7. The van der Waals surface area contributed by atoms with Crippen molar-refractivity contribution in [1.29, 1.82) is 0 Å². The number of nitrogens with zero attached hydrogens (tertiary/aromatic N) is 1. The Morgan fingerprint density at radius 3 is 2.22 bits per heavy atom. The smallest absolute Gasteiger partial charge is 0.232 e. The third kappa shape index (κ3) is 8.24. The first kappa shape index (κ1) is 23.3. The number of benzene rings is 1. The Kier molecular flexibility index (Phi) is 7.38. The Morgan fingerprint density at radius 2 is 1.74 bits per heavy atom. The fraction of sp³-hybridized carbons (Fsp3) is 0.632. The molecule has 0 aliphatic rings. The van der Waals surface area contributed by atoms with Crippen LogP contribution >= 0.6 is 0 Å². The second kappa shape index (κ2) is 8.54. The third-order valence-electron chi connectivity index (χ3n) is 3.79. The zero-order chi connectivity index (χ0) is 21.0. The molecule has 1 aromatic rings. The Labute approximate surface area is 161 Å². The maximum atomic E-state index is 14.0. The molecule has 8 heteroatoms. The van der Waals surface area contributed by atoms with Gasteiger partial charge < -0.3 is 5.32 Å². The number of halogens is 2. The van der Waals surface area contributed by atoms with E-state index < -0.39 is 27.2 Å². The molecular formula is C19H30F2N2O3S. The van der Waals surface area contributed by atoms with Crippen LogP contribution in [0, 0.1) is 17.0 Å². The molecule has 0 saturated carbocycles. The summed E-state index contributed by atoms with van der Waals surface area (Å²) in [6.45, 7) is 10.1. The Morgan fingerprint density at radius 1 is 1.15 bits per heavy atom. The number of carbonyl (C=O) groups excluding carboxylic acids is 1. The predicted octanol–water partition coefficient (Wildman–Crippen LogP) is 3.84. The number of amides is 1. The van der Waals surface area contributed by atoms with Crippen molar-refractivity contribution in [3.63, 3.8) is 0 Å². The minimum Gasteiger partial charge on any atom is -0.351 e. The van der Waals surface area contributed by atoms with Crippen molar-refractivity contribution in [2.45, 2.75) is 59.4 Å². The van der Waals surface area contributed by atoms with Gasteiger partial charge >= 0.3 is 0 Å². The van der Waals surface area contributed by atoms with E-state index in [4.69, 9.17) is 0 Å². The van der Waals surface area contributed by atoms with Crippen molar-refractivity contribution in [2.24, 2.45) is 5.41 Å². The van der Waals surface area contributed by atoms with Gasteiger partial charge in [0, 0.05) is 24.6 Å². The molecule has 0 heterocycles. The van der Waals surface area contributed by atoms with E-state index in [0.717, 1.165) is 29.1 Å². The van der Waals surface area contributed by atoms with Gasteiger partial charge in [-0.05, 0) is 44.2 Å². The molecule has 27 heavy (non-hydrogen) atoms. The van der Waals surface area contributed by atoms with Crippen molar-refractivity contribution in [1.82, 2.24) is 5.32 Å². The molecule has 0 aromatic heterocycles. The van der Waals surface area contributed by atoms with Gasteiger partial charge in [-0.25, -0.2) is 17.2 Å². The molecular weight excluding hydrogens is 374 g/mol. The average Bonchev–Trinajstić information content (AvgIpc) is 2.40. The first-order chi connectivity index (χ1) is 12.1. The summed E-state index contributed by atoms with van der Waals surface area (Å²) in [7, 11) is -3.77. The monoisotopic (exact) mass is 404 g/mol. The van der Waals surface area contributed by atoms with Crippen LogP contribution in [-0.2, 0) is 14.8 Å². The molecule has 1 aromatic carbocycles. The summed E-state index contributed by atoms with van der Waals surface area (Å²) in [5, 5.41) is 2.95. The molecule has 1 rings (SSSR count). The zero-order valence-electron chi connectivity index (χ0n) is 16.9.